The van der Waals surface area contributed by atoms with E-state index < -0.39 is 0 Å². The second-order valence-electron chi connectivity index (χ2n) is 2.63. The summed E-state index contributed by atoms with van der Waals surface area (Å²) in [7, 11) is 3.12. The molecule has 15 heavy (non-hydrogen) atoms. The average molecular weight is 210 g/mol. The lowest BCUT2D eigenvalue weighted by molar-refractivity contribution is 0.112. The van der Waals surface area contributed by atoms with Crippen LogP contribution >= 0.6 is 0 Å². The number of benzene rings is 1. The number of ether oxygens (including phenoxy) is 2. The molecule has 0 radical (unpaired) electrons. The van der Waals surface area contributed by atoms with Gasteiger partial charge in [-0.1, -0.05) is 13.8 Å². The quantitative estimate of drug-likeness (QED) is 0.720. The Morgan fingerprint density at radius 1 is 1.13 bits per heavy atom. The van der Waals surface area contributed by atoms with Crippen LogP contribution in [-0.2, 0) is 0 Å². The summed E-state index contributed by atoms with van der Waals surface area (Å²) in [5.74, 6) is 1.26. The molecule has 0 unspecified atom stereocenters. The summed E-state index contributed by atoms with van der Waals surface area (Å²) in [6.07, 6.45) is 0.803. The Morgan fingerprint density at radius 2 is 1.73 bits per heavy atom. The van der Waals surface area contributed by atoms with Gasteiger partial charge in [0.25, 0.3) is 0 Å². The lowest BCUT2D eigenvalue weighted by Crippen LogP contribution is -1.96. The number of rotatable bonds is 3. The van der Waals surface area contributed by atoms with Crippen LogP contribution in [0.1, 0.15) is 29.8 Å². The molecule has 1 aromatic rings. The maximum Gasteiger partial charge on any atom is 0.164 e. The van der Waals surface area contributed by atoms with Crippen LogP contribution in [0.3, 0.4) is 0 Å². The van der Waals surface area contributed by atoms with Crippen molar-refractivity contribution in [2.75, 3.05) is 14.2 Å². The topological polar surface area (TPSA) is 35.5 Å². The molecule has 0 aromatic heterocycles. The first-order chi connectivity index (χ1) is 7.24. The van der Waals surface area contributed by atoms with E-state index in [9.17, 15) is 4.79 Å². The van der Waals surface area contributed by atoms with Gasteiger partial charge in [-0.05, 0) is 19.1 Å². The van der Waals surface area contributed by atoms with Crippen molar-refractivity contribution < 1.29 is 14.3 Å². The van der Waals surface area contributed by atoms with Crippen LogP contribution in [0.15, 0.2) is 12.1 Å². The summed E-state index contributed by atoms with van der Waals surface area (Å²) in [5, 5.41) is 0. The summed E-state index contributed by atoms with van der Waals surface area (Å²) >= 11 is 0. The molecule has 3 nitrogen and oxygen atoms in total. The molecule has 0 saturated heterocycles. The van der Waals surface area contributed by atoms with Gasteiger partial charge in [-0.2, -0.15) is 0 Å². The van der Waals surface area contributed by atoms with Gasteiger partial charge in [-0.15, -0.1) is 0 Å². The van der Waals surface area contributed by atoms with Crippen LogP contribution in [0, 0.1) is 6.92 Å². The smallest absolute Gasteiger partial charge is 0.164 e. The van der Waals surface area contributed by atoms with Gasteiger partial charge in [0.05, 0.1) is 14.2 Å². The first kappa shape index (κ1) is 13.5. The highest BCUT2D eigenvalue weighted by molar-refractivity contribution is 5.79. The van der Waals surface area contributed by atoms with E-state index in [-0.39, 0.29) is 0 Å². The van der Waals surface area contributed by atoms with Crippen molar-refractivity contribution in [1.82, 2.24) is 0 Å². The number of carbonyl (C=O) groups is 1. The van der Waals surface area contributed by atoms with Gasteiger partial charge in [0.2, 0.25) is 0 Å². The van der Waals surface area contributed by atoms with Crippen molar-refractivity contribution in [3.8, 4) is 11.5 Å². The van der Waals surface area contributed by atoms with E-state index in [1.54, 1.807) is 26.4 Å². The van der Waals surface area contributed by atoms with Crippen molar-refractivity contribution in [3.05, 3.63) is 23.3 Å². The van der Waals surface area contributed by atoms with E-state index in [4.69, 9.17) is 9.47 Å². The molecule has 0 heterocycles. The van der Waals surface area contributed by atoms with Crippen molar-refractivity contribution in [2.45, 2.75) is 20.8 Å². The summed E-state index contributed by atoms with van der Waals surface area (Å²) in [6.45, 7) is 5.82. The molecule has 0 N–H and O–H groups in total. The fraction of sp³-hybridized carbons (Fsp3) is 0.417. The molecular weight excluding hydrogens is 192 g/mol. The van der Waals surface area contributed by atoms with E-state index >= 15 is 0 Å². The minimum atomic E-state index is 0.618. The second-order valence-corrected chi connectivity index (χ2v) is 2.63. The molecule has 0 atom stereocenters. The largest absolute Gasteiger partial charge is 0.493 e. The Hall–Kier alpha value is -1.51. The van der Waals surface area contributed by atoms with Crippen molar-refractivity contribution in [2.24, 2.45) is 0 Å². The fourth-order valence-electron chi connectivity index (χ4n) is 1.22. The minimum Gasteiger partial charge on any atom is -0.493 e. The van der Waals surface area contributed by atoms with Gasteiger partial charge in [-0.25, -0.2) is 0 Å². The van der Waals surface area contributed by atoms with Crippen LogP contribution in [-0.4, -0.2) is 20.5 Å². The Labute approximate surface area is 91.0 Å². The van der Waals surface area contributed by atoms with Crippen LogP contribution in [0.4, 0.5) is 0 Å². The third-order valence-electron chi connectivity index (χ3n) is 1.96. The van der Waals surface area contributed by atoms with Gasteiger partial charge in [0.1, 0.15) is 6.29 Å². The summed E-state index contributed by atoms with van der Waals surface area (Å²) in [5.41, 5.74) is 1.43. The van der Waals surface area contributed by atoms with Gasteiger partial charge in [0, 0.05) is 11.1 Å². The van der Waals surface area contributed by atoms with Crippen molar-refractivity contribution in [1.29, 1.82) is 0 Å². The molecule has 0 bridgehead atoms. The van der Waals surface area contributed by atoms with Crippen LogP contribution in [0.2, 0.25) is 0 Å². The zero-order valence-corrected chi connectivity index (χ0v) is 9.96. The molecule has 3 heteroatoms. The van der Waals surface area contributed by atoms with E-state index in [0.717, 1.165) is 11.8 Å². The zero-order chi connectivity index (χ0) is 11.8. The Bertz CT molecular complexity index is 319. The highest BCUT2D eigenvalue weighted by Crippen LogP contribution is 2.31. The standard InChI is InChI=1S/C10H12O3.C2H6/c1-7-8(6-11)4-5-9(12-2)10(7)13-3;1-2/h4-6H,1-3H3;1-2H3. The normalized spacial score (nSPS) is 8.60. The van der Waals surface area contributed by atoms with Gasteiger partial charge in [0.15, 0.2) is 11.5 Å². The van der Waals surface area contributed by atoms with E-state index in [0.29, 0.717) is 17.1 Å². The lowest BCUT2D eigenvalue weighted by Gasteiger charge is -2.11. The monoisotopic (exact) mass is 210 g/mol. The molecule has 1 rings (SSSR count). The molecule has 0 fully saturated rings. The second kappa shape index (κ2) is 6.87. The van der Waals surface area contributed by atoms with Crippen molar-refractivity contribution in [3.63, 3.8) is 0 Å². The Morgan fingerprint density at radius 3 is 2.13 bits per heavy atom. The third kappa shape index (κ3) is 2.98. The molecule has 0 aliphatic carbocycles. The molecule has 0 saturated carbocycles. The maximum atomic E-state index is 10.6. The van der Waals surface area contributed by atoms with E-state index in [2.05, 4.69) is 0 Å². The summed E-state index contributed by atoms with van der Waals surface area (Å²) in [4.78, 5) is 10.6. The van der Waals surface area contributed by atoms with Crippen LogP contribution in [0.5, 0.6) is 11.5 Å². The van der Waals surface area contributed by atoms with Gasteiger partial charge < -0.3 is 9.47 Å². The number of hydrogen-bond donors (Lipinski definition) is 0. The SMILES string of the molecule is CC.COc1ccc(C=O)c(C)c1OC. The van der Waals surface area contributed by atoms with Gasteiger partial charge in [-0.3, -0.25) is 4.79 Å². The minimum absolute atomic E-state index is 0.618. The predicted octanol–water partition coefficient (Wildman–Crippen LogP) is 2.85. The Balaban J connectivity index is 0.000000921. The molecule has 0 spiro atoms. The third-order valence-corrected chi connectivity index (χ3v) is 1.96. The Kier molecular flexibility index (Phi) is 6.18. The van der Waals surface area contributed by atoms with Gasteiger partial charge >= 0.3 is 0 Å². The predicted molar refractivity (Wildman–Crippen MR) is 61.0 cm³/mol. The fourth-order valence-corrected chi connectivity index (χ4v) is 1.22. The first-order valence-corrected chi connectivity index (χ1v) is 4.91. The van der Waals surface area contributed by atoms with Crippen LogP contribution in [0.25, 0.3) is 0 Å². The zero-order valence-electron chi connectivity index (χ0n) is 9.96. The molecule has 84 valence electrons. The van der Waals surface area contributed by atoms with Crippen molar-refractivity contribution >= 4 is 6.29 Å². The summed E-state index contributed by atoms with van der Waals surface area (Å²) in [6, 6.07) is 3.43. The number of carbonyl (C=O) groups excluding carboxylic acids is 1. The number of methoxy groups -OCH3 is 2. The first-order valence-electron chi connectivity index (χ1n) is 4.91. The van der Waals surface area contributed by atoms with Crippen LogP contribution < -0.4 is 9.47 Å². The molecule has 1 aromatic carbocycles. The lowest BCUT2D eigenvalue weighted by atomic mass is 10.1. The van der Waals surface area contributed by atoms with E-state index in [1.165, 1.54) is 0 Å². The van der Waals surface area contributed by atoms with E-state index in [1.807, 2.05) is 20.8 Å². The molecule has 0 amide bonds. The number of hydrogen-bond acceptors (Lipinski definition) is 3. The highest BCUT2D eigenvalue weighted by Gasteiger charge is 2.09. The number of aldehydes is 1. The molecular formula is C12H18O3. The maximum absolute atomic E-state index is 10.6. The average Bonchev–Trinajstić information content (AvgIpc) is 2.31. The highest BCUT2D eigenvalue weighted by atomic mass is 16.5. The summed E-state index contributed by atoms with van der Waals surface area (Å²) < 4.78 is 10.2. The molecule has 0 aliphatic heterocycles. The molecule has 0 aliphatic rings.